The van der Waals surface area contributed by atoms with Gasteiger partial charge in [-0.25, -0.2) is 0 Å². The Hall–Kier alpha value is -1.90. The zero-order valence-electron chi connectivity index (χ0n) is 11.5. The first-order chi connectivity index (χ1) is 9.87. The Kier molecular flexibility index (Phi) is 6.35. The number of anilines is 1. The summed E-state index contributed by atoms with van der Waals surface area (Å²) in [5, 5.41) is 19.0. The summed E-state index contributed by atoms with van der Waals surface area (Å²) in [5.74, 6) is -0.478. The van der Waals surface area contributed by atoms with Crippen molar-refractivity contribution in [3.05, 3.63) is 17.8 Å². The molecule has 0 radical (unpaired) electrons. The van der Waals surface area contributed by atoms with Gasteiger partial charge >= 0.3 is 6.18 Å². The predicted octanol–water partition coefficient (Wildman–Crippen LogP) is 1.30. The van der Waals surface area contributed by atoms with E-state index in [2.05, 4.69) is 15.5 Å². The van der Waals surface area contributed by atoms with E-state index in [-0.39, 0.29) is 5.69 Å². The molecule has 9 heteroatoms. The number of nitrogens with one attached hydrogen (secondary N) is 1. The van der Waals surface area contributed by atoms with Gasteiger partial charge in [0.05, 0.1) is 6.61 Å². The van der Waals surface area contributed by atoms with E-state index < -0.39 is 31.8 Å². The summed E-state index contributed by atoms with van der Waals surface area (Å²) in [4.78, 5) is 12.4. The monoisotopic (exact) mass is 306 g/mol. The van der Waals surface area contributed by atoms with Crippen LogP contribution >= 0.6 is 0 Å². The molecule has 2 N–H and O–H groups in total. The fraction of sp³-hybridized carbons (Fsp3) is 0.583. The van der Waals surface area contributed by atoms with Crippen LogP contribution in [0.25, 0.3) is 0 Å². The number of hydrogen-bond acceptors (Lipinski definition) is 5. The van der Waals surface area contributed by atoms with E-state index in [0.29, 0.717) is 17.3 Å². The van der Waals surface area contributed by atoms with Crippen LogP contribution in [0.2, 0.25) is 0 Å². The van der Waals surface area contributed by atoms with Crippen molar-refractivity contribution >= 4 is 11.7 Å². The minimum absolute atomic E-state index is 0.199. The van der Waals surface area contributed by atoms with Crippen molar-refractivity contribution in [3.63, 3.8) is 0 Å². The van der Waals surface area contributed by atoms with Crippen LogP contribution in [0.4, 0.5) is 19.0 Å². The fourth-order valence-corrected chi connectivity index (χ4v) is 1.55. The van der Waals surface area contributed by atoms with Crippen LogP contribution in [-0.4, -0.2) is 58.5 Å². The molecule has 6 nitrogen and oxygen atoms in total. The number of halogens is 3. The molecule has 0 aromatic carbocycles. The Labute approximate surface area is 120 Å². The van der Waals surface area contributed by atoms with Crippen LogP contribution in [0.15, 0.2) is 12.1 Å². The SMILES string of the molecule is CCCNc1ccc(C(=O)N(CCO)CC(F)(F)F)nn1. The summed E-state index contributed by atoms with van der Waals surface area (Å²) in [6, 6.07) is 2.77. The van der Waals surface area contributed by atoms with Gasteiger partial charge in [0.2, 0.25) is 0 Å². The Balaban J connectivity index is 2.78. The lowest BCUT2D eigenvalue weighted by Gasteiger charge is -2.22. The van der Waals surface area contributed by atoms with Crippen molar-refractivity contribution in [3.8, 4) is 0 Å². The molecular formula is C12H17F3N4O2. The first-order valence-corrected chi connectivity index (χ1v) is 6.42. The van der Waals surface area contributed by atoms with Crippen molar-refractivity contribution in [2.24, 2.45) is 0 Å². The highest BCUT2D eigenvalue weighted by molar-refractivity contribution is 5.92. The first-order valence-electron chi connectivity index (χ1n) is 6.42. The van der Waals surface area contributed by atoms with Gasteiger partial charge in [-0.05, 0) is 18.6 Å². The highest BCUT2D eigenvalue weighted by Gasteiger charge is 2.33. The zero-order chi connectivity index (χ0) is 15.9. The number of aromatic nitrogens is 2. The van der Waals surface area contributed by atoms with Gasteiger partial charge in [0.25, 0.3) is 5.91 Å². The molecule has 0 spiro atoms. The molecule has 1 heterocycles. The molecule has 0 aliphatic carbocycles. The number of alkyl halides is 3. The van der Waals surface area contributed by atoms with Crippen LogP contribution < -0.4 is 5.32 Å². The summed E-state index contributed by atoms with van der Waals surface area (Å²) >= 11 is 0. The quantitative estimate of drug-likeness (QED) is 0.794. The molecule has 1 aromatic rings. The normalized spacial score (nSPS) is 11.3. The molecule has 1 amide bonds. The molecule has 0 fully saturated rings. The maximum absolute atomic E-state index is 12.4. The summed E-state index contributed by atoms with van der Waals surface area (Å²) < 4.78 is 37.2. The summed E-state index contributed by atoms with van der Waals surface area (Å²) in [6.45, 7) is 0.208. The highest BCUT2D eigenvalue weighted by Crippen LogP contribution is 2.17. The molecule has 1 rings (SSSR count). The molecular weight excluding hydrogens is 289 g/mol. The maximum atomic E-state index is 12.4. The summed E-state index contributed by atoms with van der Waals surface area (Å²) in [6.07, 6.45) is -3.67. The van der Waals surface area contributed by atoms with E-state index in [1.807, 2.05) is 6.92 Å². The third-order valence-electron chi connectivity index (χ3n) is 2.47. The van der Waals surface area contributed by atoms with Crippen molar-refractivity contribution in [1.82, 2.24) is 15.1 Å². The summed E-state index contributed by atoms with van der Waals surface area (Å²) in [7, 11) is 0. The largest absolute Gasteiger partial charge is 0.406 e. The van der Waals surface area contributed by atoms with Crippen molar-refractivity contribution < 1.29 is 23.1 Å². The summed E-state index contributed by atoms with van der Waals surface area (Å²) in [5.41, 5.74) is -0.199. The number of rotatable bonds is 7. The number of nitrogens with zero attached hydrogens (tertiary/aromatic N) is 3. The Morgan fingerprint density at radius 1 is 1.38 bits per heavy atom. The van der Waals surface area contributed by atoms with Gasteiger partial charge in [-0.3, -0.25) is 4.79 Å². The molecule has 0 saturated carbocycles. The van der Waals surface area contributed by atoms with Crippen LogP contribution in [0.3, 0.4) is 0 Å². The molecule has 0 aliphatic rings. The van der Waals surface area contributed by atoms with Gasteiger partial charge < -0.3 is 15.3 Å². The number of hydrogen-bond donors (Lipinski definition) is 2. The van der Waals surface area contributed by atoms with E-state index in [9.17, 15) is 18.0 Å². The molecule has 21 heavy (non-hydrogen) atoms. The number of carbonyl (C=O) groups excluding carboxylic acids is 1. The molecule has 0 bridgehead atoms. The highest BCUT2D eigenvalue weighted by atomic mass is 19.4. The second-order valence-electron chi connectivity index (χ2n) is 4.30. The lowest BCUT2D eigenvalue weighted by molar-refractivity contribution is -0.141. The van der Waals surface area contributed by atoms with Gasteiger partial charge in [-0.1, -0.05) is 6.92 Å². The van der Waals surface area contributed by atoms with Crippen molar-refractivity contribution in [1.29, 1.82) is 0 Å². The molecule has 118 valence electrons. The standard InChI is InChI=1S/C12H17F3N4O2/c1-2-5-16-10-4-3-9(17-18-10)11(21)19(6-7-20)8-12(13,14)15/h3-4,20H,2,5-8H2,1H3,(H,16,18). The number of amides is 1. The van der Waals surface area contributed by atoms with Crippen molar-refractivity contribution in [2.75, 3.05) is 31.6 Å². The molecule has 1 aromatic heterocycles. The van der Waals surface area contributed by atoms with Gasteiger partial charge in [-0.15, -0.1) is 10.2 Å². The molecule has 0 saturated heterocycles. The predicted molar refractivity (Wildman–Crippen MR) is 69.9 cm³/mol. The third-order valence-corrected chi connectivity index (χ3v) is 2.47. The smallest absolute Gasteiger partial charge is 0.395 e. The lowest BCUT2D eigenvalue weighted by Crippen LogP contribution is -2.41. The van der Waals surface area contributed by atoms with Crippen LogP contribution in [-0.2, 0) is 0 Å². The van der Waals surface area contributed by atoms with E-state index in [0.717, 1.165) is 6.42 Å². The van der Waals surface area contributed by atoms with Gasteiger partial charge in [0, 0.05) is 13.1 Å². The van der Waals surface area contributed by atoms with E-state index in [1.54, 1.807) is 0 Å². The molecule has 0 aliphatic heterocycles. The van der Waals surface area contributed by atoms with Gasteiger partial charge in [-0.2, -0.15) is 13.2 Å². The zero-order valence-corrected chi connectivity index (χ0v) is 11.5. The first kappa shape index (κ1) is 17.2. The molecule has 0 unspecified atom stereocenters. The van der Waals surface area contributed by atoms with Crippen LogP contribution in [0, 0.1) is 0 Å². The van der Waals surface area contributed by atoms with Crippen LogP contribution in [0.5, 0.6) is 0 Å². The van der Waals surface area contributed by atoms with Gasteiger partial charge in [0.15, 0.2) is 5.69 Å². The van der Waals surface area contributed by atoms with E-state index >= 15 is 0 Å². The average molecular weight is 306 g/mol. The average Bonchev–Trinajstić information content (AvgIpc) is 2.43. The number of carbonyl (C=O) groups is 1. The van der Waals surface area contributed by atoms with E-state index in [1.165, 1.54) is 12.1 Å². The van der Waals surface area contributed by atoms with E-state index in [4.69, 9.17) is 5.11 Å². The topological polar surface area (TPSA) is 78.4 Å². The number of aliphatic hydroxyl groups excluding tert-OH is 1. The molecule has 0 atom stereocenters. The minimum atomic E-state index is -4.54. The number of aliphatic hydroxyl groups is 1. The Bertz CT molecular complexity index is 451. The fourth-order valence-electron chi connectivity index (χ4n) is 1.55. The van der Waals surface area contributed by atoms with Crippen molar-refractivity contribution in [2.45, 2.75) is 19.5 Å². The van der Waals surface area contributed by atoms with Crippen LogP contribution in [0.1, 0.15) is 23.8 Å². The van der Waals surface area contributed by atoms with Gasteiger partial charge in [0.1, 0.15) is 12.4 Å². The second-order valence-corrected chi connectivity index (χ2v) is 4.30. The maximum Gasteiger partial charge on any atom is 0.406 e. The second kappa shape index (κ2) is 7.77. The Morgan fingerprint density at radius 2 is 2.10 bits per heavy atom. The third kappa shape index (κ3) is 5.94. The minimum Gasteiger partial charge on any atom is -0.395 e. The Morgan fingerprint density at radius 3 is 2.57 bits per heavy atom. The lowest BCUT2D eigenvalue weighted by atomic mass is 10.3.